The number of anilines is 1. The van der Waals surface area contributed by atoms with Crippen LogP contribution in [0.1, 0.15) is 24.1 Å². The van der Waals surface area contributed by atoms with E-state index in [4.69, 9.17) is 20.0 Å². The van der Waals surface area contributed by atoms with Gasteiger partial charge in [0.25, 0.3) is 11.8 Å². The number of imidazole rings is 1. The number of benzene rings is 1. The molecule has 1 aromatic heterocycles. The van der Waals surface area contributed by atoms with E-state index in [-0.39, 0.29) is 37.4 Å². The molecule has 2 amide bonds. The predicted molar refractivity (Wildman–Crippen MR) is 179 cm³/mol. The number of carbonyl (C=O) groups excluding carboxylic acids is 2. The minimum Gasteiger partial charge on any atom is -0.495 e. The molecule has 0 saturated heterocycles. The van der Waals surface area contributed by atoms with Crippen molar-refractivity contribution in [3.63, 3.8) is 0 Å². The number of aromatic amines is 1. The second-order valence-corrected chi connectivity index (χ2v) is 13.3. The molecule has 1 aliphatic heterocycles. The Morgan fingerprint density at radius 1 is 1.22 bits per heavy atom. The molecular weight excluding hydrogens is 854 g/mol. The van der Waals surface area contributed by atoms with Gasteiger partial charge in [0.15, 0.2) is 11.5 Å². The number of halogens is 4. The lowest BCUT2D eigenvalue weighted by atomic mass is 9.87. The average Bonchev–Trinajstić information content (AvgIpc) is 3.62. The van der Waals surface area contributed by atoms with Crippen LogP contribution in [0, 0.1) is 0 Å². The van der Waals surface area contributed by atoms with Gasteiger partial charge in [-0.2, -0.15) is 0 Å². The Bertz CT molecular complexity index is 1550. The summed E-state index contributed by atoms with van der Waals surface area (Å²) < 4.78 is 13.4. The van der Waals surface area contributed by atoms with Crippen LogP contribution in [0.5, 0.6) is 5.75 Å². The average molecular weight is 883 g/mol. The van der Waals surface area contributed by atoms with E-state index < -0.39 is 23.5 Å². The van der Waals surface area contributed by atoms with Crippen molar-refractivity contribution in [2.75, 3.05) is 32.5 Å². The largest absolute Gasteiger partial charge is 0.495 e. The van der Waals surface area contributed by atoms with Crippen molar-refractivity contribution >= 4 is 92.9 Å². The third-order valence-corrected chi connectivity index (χ3v) is 9.29. The number of aliphatic hydroxyl groups is 1. The zero-order valence-electron chi connectivity index (χ0n) is 23.7. The number of oxime groups is 2. The van der Waals surface area contributed by atoms with Crippen molar-refractivity contribution in [3.8, 4) is 5.75 Å². The van der Waals surface area contributed by atoms with Gasteiger partial charge < -0.3 is 46.0 Å². The van der Waals surface area contributed by atoms with Crippen LogP contribution in [0.15, 0.2) is 58.4 Å². The van der Waals surface area contributed by atoms with Gasteiger partial charge in [-0.3, -0.25) is 9.59 Å². The summed E-state index contributed by atoms with van der Waals surface area (Å²) in [5.74, 6) is 0.334. The highest BCUT2D eigenvalue weighted by atomic mass is 79.9. The van der Waals surface area contributed by atoms with Crippen molar-refractivity contribution in [2.45, 2.75) is 37.4 Å². The fraction of sp³-hybridized carbons (Fsp3) is 0.370. The number of aliphatic hydroxyl groups excluding tert-OH is 1. The van der Waals surface area contributed by atoms with Crippen LogP contribution in [0.3, 0.4) is 0 Å². The summed E-state index contributed by atoms with van der Waals surface area (Å²) in [6, 6.07) is 3.52. The van der Waals surface area contributed by atoms with Gasteiger partial charge in [-0.1, -0.05) is 10.3 Å². The Morgan fingerprint density at radius 2 is 1.96 bits per heavy atom. The fourth-order valence-electron chi connectivity index (χ4n) is 4.49. The van der Waals surface area contributed by atoms with E-state index in [1.807, 2.05) is 0 Å². The molecule has 18 heteroatoms. The number of aromatic nitrogens is 2. The van der Waals surface area contributed by atoms with Crippen LogP contribution in [-0.4, -0.2) is 82.0 Å². The minimum absolute atomic E-state index is 0.0616. The van der Waals surface area contributed by atoms with Crippen LogP contribution in [0.2, 0.25) is 0 Å². The Labute approximate surface area is 291 Å². The number of hydrogen-bond donors (Lipinski definition) is 6. The Balaban J connectivity index is 1.21. The first-order valence-electron chi connectivity index (χ1n) is 13.4. The second kappa shape index (κ2) is 15.6. The SMILES string of the molecule is COC1=C(Br)[C@@H](O)[C@]2(C=C1Br)CC(C(=O)NCCCOc1c(Br)cc(C/C(=N/O)C(=O)NCCc3c[nH]c(N)n3)cc1Br)=NO2. The number of amides is 2. The second-order valence-electron chi connectivity index (χ2n) is 9.89. The summed E-state index contributed by atoms with van der Waals surface area (Å²) in [5.41, 5.74) is 5.80. The first-order valence-corrected chi connectivity index (χ1v) is 16.6. The predicted octanol–water partition coefficient (Wildman–Crippen LogP) is 3.55. The van der Waals surface area contributed by atoms with E-state index in [0.29, 0.717) is 66.0 Å². The number of H-pyrrole nitrogens is 1. The van der Waals surface area contributed by atoms with E-state index in [2.05, 4.69) is 94.6 Å². The molecule has 7 N–H and O–H groups in total. The number of nitrogens with zero attached hydrogens (tertiary/aromatic N) is 3. The minimum atomic E-state index is -1.23. The van der Waals surface area contributed by atoms with E-state index in [9.17, 15) is 19.9 Å². The number of ether oxygens (including phenoxy) is 2. The quantitative estimate of drug-likeness (QED) is 0.0753. The number of carbonyl (C=O) groups is 2. The molecule has 0 unspecified atom stereocenters. The highest BCUT2D eigenvalue weighted by Gasteiger charge is 2.50. The summed E-state index contributed by atoms with van der Waals surface area (Å²) in [4.78, 5) is 37.6. The fourth-order valence-corrected chi connectivity index (χ4v) is 7.79. The topological polar surface area (TPSA) is 206 Å². The van der Waals surface area contributed by atoms with Gasteiger partial charge in [-0.25, -0.2) is 4.98 Å². The lowest BCUT2D eigenvalue weighted by molar-refractivity contribution is -0.115. The first-order chi connectivity index (χ1) is 21.5. The van der Waals surface area contributed by atoms with Crippen LogP contribution in [0.25, 0.3) is 0 Å². The van der Waals surface area contributed by atoms with Gasteiger partial charge in [-0.05, 0) is 93.9 Å². The van der Waals surface area contributed by atoms with Crippen molar-refractivity contribution in [1.29, 1.82) is 0 Å². The number of rotatable bonds is 13. The molecule has 242 valence electrons. The molecule has 4 rings (SSSR count). The maximum Gasteiger partial charge on any atom is 0.269 e. The number of nitrogens with two attached hydrogens (primary N) is 1. The number of nitrogens with one attached hydrogen (secondary N) is 3. The van der Waals surface area contributed by atoms with Crippen LogP contribution >= 0.6 is 63.7 Å². The molecule has 1 aromatic carbocycles. The molecular formula is C27H29Br4N7O7. The monoisotopic (exact) mass is 879 g/mol. The maximum atomic E-state index is 12.7. The molecule has 0 saturated carbocycles. The third-order valence-electron chi connectivity index (χ3n) is 6.73. The first kappa shape index (κ1) is 34.9. The van der Waals surface area contributed by atoms with E-state index in [0.717, 1.165) is 0 Å². The highest BCUT2D eigenvalue weighted by Crippen LogP contribution is 2.44. The smallest absolute Gasteiger partial charge is 0.269 e. The standard InChI is InChI=1S/C27H29Br4N7O7/c1-43-22-17(30)10-27(23(39)20(22)31)11-19(38-45-27)25(41)33-4-2-6-44-21-15(28)7-13(8-16(21)29)9-18(37-42)24(40)34-5-3-14-12-35-26(32)36-14/h7-8,10,12,23,39,42H,2-6,9,11H2,1H3,(H,33,41)(H,34,40)(H3,32,35,36)/b37-18-/t23-,27+/m1/s1. The van der Waals surface area contributed by atoms with Crippen molar-refractivity contribution in [3.05, 3.63) is 59.3 Å². The molecule has 1 spiro atoms. The molecule has 0 bridgehead atoms. The van der Waals surface area contributed by atoms with Crippen LogP contribution in [-0.2, 0) is 32.0 Å². The molecule has 2 atom stereocenters. The van der Waals surface area contributed by atoms with Gasteiger partial charge in [0.1, 0.15) is 29.0 Å². The number of nitrogen functional groups attached to an aromatic ring is 1. The molecule has 14 nitrogen and oxygen atoms in total. The zero-order valence-corrected chi connectivity index (χ0v) is 30.0. The summed E-state index contributed by atoms with van der Waals surface area (Å²) >= 11 is 13.7. The molecule has 2 aromatic rings. The van der Waals surface area contributed by atoms with Gasteiger partial charge in [0.05, 0.1) is 37.3 Å². The lowest BCUT2D eigenvalue weighted by Crippen LogP contribution is -2.45. The molecule has 0 fully saturated rings. The van der Waals surface area contributed by atoms with Gasteiger partial charge >= 0.3 is 0 Å². The highest BCUT2D eigenvalue weighted by molar-refractivity contribution is 9.12. The van der Waals surface area contributed by atoms with Crippen molar-refractivity contribution in [2.24, 2.45) is 10.3 Å². The molecule has 0 radical (unpaired) electrons. The lowest BCUT2D eigenvalue weighted by Gasteiger charge is -2.33. The summed E-state index contributed by atoms with van der Waals surface area (Å²) in [6.07, 6.45) is 3.25. The van der Waals surface area contributed by atoms with Gasteiger partial charge in [0.2, 0.25) is 0 Å². The third kappa shape index (κ3) is 8.46. The Morgan fingerprint density at radius 3 is 2.60 bits per heavy atom. The molecule has 1 aliphatic carbocycles. The van der Waals surface area contributed by atoms with Crippen LogP contribution < -0.4 is 21.1 Å². The Hall–Kier alpha value is -2.93. The summed E-state index contributed by atoms with van der Waals surface area (Å²) in [7, 11) is 1.48. The van der Waals surface area contributed by atoms with E-state index in [1.54, 1.807) is 24.4 Å². The van der Waals surface area contributed by atoms with Crippen molar-refractivity contribution in [1.82, 2.24) is 20.6 Å². The molecule has 2 heterocycles. The number of hydrogen-bond acceptors (Lipinski definition) is 11. The molecule has 45 heavy (non-hydrogen) atoms. The summed E-state index contributed by atoms with van der Waals surface area (Å²) in [6.45, 7) is 0.870. The van der Waals surface area contributed by atoms with E-state index >= 15 is 0 Å². The number of allylic oxidation sites excluding steroid dienone is 1. The molecule has 2 aliphatic rings. The van der Waals surface area contributed by atoms with Gasteiger partial charge in [0, 0.05) is 38.5 Å². The number of methoxy groups -OCH3 is 1. The Kier molecular flexibility index (Phi) is 12.1. The van der Waals surface area contributed by atoms with Crippen LogP contribution in [0.4, 0.5) is 5.95 Å². The zero-order chi connectivity index (χ0) is 32.7. The van der Waals surface area contributed by atoms with Crippen molar-refractivity contribution < 1.29 is 34.2 Å². The summed E-state index contributed by atoms with van der Waals surface area (Å²) in [5, 5.41) is 32.8. The van der Waals surface area contributed by atoms with E-state index in [1.165, 1.54) is 7.11 Å². The normalized spacial score (nSPS) is 19.6. The maximum absolute atomic E-state index is 12.7. The van der Waals surface area contributed by atoms with Gasteiger partial charge in [-0.15, -0.1) is 0 Å².